The van der Waals surface area contributed by atoms with Crippen LogP contribution in [-0.4, -0.2) is 15.7 Å². The summed E-state index contributed by atoms with van der Waals surface area (Å²) in [6.07, 6.45) is 0. The number of nitrogens with two attached hydrogens (primary N) is 1. The number of amidine groups is 1. The number of non-ortho nitro benzene ring substituents is 1. The number of halogens is 1. The summed E-state index contributed by atoms with van der Waals surface area (Å²) in [4.78, 5) is 18.1. The molecule has 1 heterocycles. The molecule has 0 saturated heterocycles. The van der Waals surface area contributed by atoms with Gasteiger partial charge in [-0.1, -0.05) is 0 Å². The maximum Gasteiger partial charge on any atom is 0.269 e. The van der Waals surface area contributed by atoms with Gasteiger partial charge in [-0.15, -0.1) is 23.7 Å². The van der Waals surface area contributed by atoms with E-state index in [0.29, 0.717) is 17.2 Å². The zero-order valence-corrected chi connectivity index (χ0v) is 10.6. The Morgan fingerprint density at radius 3 is 2.56 bits per heavy atom. The van der Waals surface area contributed by atoms with Crippen LogP contribution < -0.4 is 5.73 Å². The van der Waals surface area contributed by atoms with Gasteiger partial charge in [-0.05, 0) is 12.1 Å². The molecule has 0 bridgehead atoms. The van der Waals surface area contributed by atoms with Gasteiger partial charge < -0.3 is 5.73 Å². The second kappa shape index (κ2) is 6.08. The number of nitro benzene ring substituents is 1. The lowest BCUT2D eigenvalue weighted by molar-refractivity contribution is -0.384. The summed E-state index contributed by atoms with van der Waals surface area (Å²) in [5, 5.41) is 12.2. The molecule has 0 fully saturated rings. The highest BCUT2D eigenvalue weighted by molar-refractivity contribution is 7.07. The van der Waals surface area contributed by atoms with Gasteiger partial charge in [0.2, 0.25) is 0 Å². The highest BCUT2D eigenvalue weighted by atomic mass is 35.5. The molecule has 1 aromatic heterocycles. The molecule has 0 atom stereocenters. The standard InChI is InChI=1S/C10H8N4O2S.ClH/c11-10(9-5-17-6-12-9)13-7-1-3-8(4-2-7)14(15)16;/h1-6H,(H2,11,13);1H. The average molecular weight is 285 g/mol. The monoisotopic (exact) mass is 284 g/mol. The van der Waals surface area contributed by atoms with Crippen LogP contribution in [0.3, 0.4) is 0 Å². The molecule has 0 aliphatic rings. The van der Waals surface area contributed by atoms with Gasteiger partial charge >= 0.3 is 0 Å². The fourth-order valence-electron chi connectivity index (χ4n) is 1.18. The van der Waals surface area contributed by atoms with Crippen molar-refractivity contribution in [3.05, 3.63) is 51.0 Å². The molecule has 2 N–H and O–H groups in total. The van der Waals surface area contributed by atoms with Crippen molar-refractivity contribution >= 4 is 41.0 Å². The number of aliphatic imine (C=N–C) groups is 1. The molecule has 1 aromatic carbocycles. The van der Waals surface area contributed by atoms with E-state index in [9.17, 15) is 10.1 Å². The predicted molar refractivity (Wildman–Crippen MR) is 72.8 cm³/mol. The first-order valence-corrected chi connectivity index (χ1v) is 5.58. The van der Waals surface area contributed by atoms with Gasteiger partial charge in [-0.25, -0.2) is 9.98 Å². The summed E-state index contributed by atoms with van der Waals surface area (Å²) < 4.78 is 0. The lowest BCUT2D eigenvalue weighted by Crippen LogP contribution is -2.12. The lowest BCUT2D eigenvalue weighted by atomic mass is 10.3. The van der Waals surface area contributed by atoms with Crippen molar-refractivity contribution in [2.24, 2.45) is 10.7 Å². The molecule has 0 radical (unpaired) electrons. The highest BCUT2D eigenvalue weighted by Crippen LogP contribution is 2.18. The van der Waals surface area contributed by atoms with E-state index >= 15 is 0 Å². The number of thiazole rings is 1. The molecule has 0 saturated carbocycles. The maximum atomic E-state index is 10.5. The molecule has 2 rings (SSSR count). The lowest BCUT2D eigenvalue weighted by Gasteiger charge is -1.97. The minimum Gasteiger partial charge on any atom is -0.382 e. The van der Waals surface area contributed by atoms with Crippen molar-refractivity contribution < 1.29 is 4.92 Å². The second-order valence-electron chi connectivity index (χ2n) is 3.14. The first-order valence-electron chi connectivity index (χ1n) is 4.64. The number of nitrogens with zero attached hydrogens (tertiary/aromatic N) is 3. The third-order valence-electron chi connectivity index (χ3n) is 2.00. The molecular weight excluding hydrogens is 276 g/mol. The van der Waals surface area contributed by atoms with E-state index in [2.05, 4.69) is 9.98 Å². The normalized spacial score (nSPS) is 10.8. The van der Waals surface area contributed by atoms with Gasteiger partial charge in [0, 0.05) is 17.5 Å². The van der Waals surface area contributed by atoms with E-state index in [1.54, 1.807) is 10.9 Å². The smallest absolute Gasteiger partial charge is 0.269 e. The highest BCUT2D eigenvalue weighted by Gasteiger charge is 2.04. The average Bonchev–Trinajstić information content (AvgIpc) is 2.83. The van der Waals surface area contributed by atoms with Gasteiger partial charge in [0.05, 0.1) is 16.1 Å². The molecule has 0 aliphatic heterocycles. The Morgan fingerprint density at radius 1 is 1.39 bits per heavy atom. The molecule has 8 heteroatoms. The minimum atomic E-state index is -0.461. The Labute approximate surface area is 113 Å². The number of aromatic nitrogens is 1. The maximum absolute atomic E-state index is 10.5. The Kier molecular flexibility index (Phi) is 4.75. The molecule has 2 aromatic rings. The van der Waals surface area contributed by atoms with Crippen molar-refractivity contribution in [1.29, 1.82) is 0 Å². The van der Waals surface area contributed by atoms with Crippen LogP contribution in [0.25, 0.3) is 0 Å². The molecule has 6 nitrogen and oxygen atoms in total. The van der Waals surface area contributed by atoms with Crippen molar-refractivity contribution in [3.8, 4) is 0 Å². The van der Waals surface area contributed by atoms with E-state index in [0.717, 1.165) is 0 Å². The SMILES string of the molecule is Cl.NC(=Nc1ccc([N+](=O)[O-])cc1)c1cscn1. The van der Waals surface area contributed by atoms with Crippen molar-refractivity contribution in [1.82, 2.24) is 4.98 Å². The number of hydrogen-bond donors (Lipinski definition) is 1. The zero-order chi connectivity index (χ0) is 12.3. The summed E-state index contributed by atoms with van der Waals surface area (Å²) in [5.41, 5.74) is 8.58. The van der Waals surface area contributed by atoms with Crippen LogP contribution in [0.1, 0.15) is 5.69 Å². The van der Waals surface area contributed by atoms with Crippen LogP contribution in [0.2, 0.25) is 0 Å². The van der Waals surface area contributed by atoms with E-state index in [1.807, 2.05) is 0 Å². The van der Waals surface area contributed by atoms with Gasteiger partial charge in [-0.2, -0.15) is 0 Å². The van der Waals surface area contributed by atoms with E-state index in [-0.39, 0.29) is 18.1 Å². The fourth-order valence-corrected chi connectivity index (χ4v) is 1.73. The fraction of sp³-hybridized carbons (Fsp3) is 0. The first-order chi connectivity index (χ1) is 8.16. The quantitative estimate of drug-likeness (QED) is 0.405. The largest absolute Gasteiger partial charge is 0.382 e. The number of benzene rings is 1. The van der Waals surface area contributed by atoms with Gasteiger partial charge in [-0.3, -0.25) is 10.1 Å². The summed E-state index contributed by atoms with van der Waals surface area (Å²) in [5.74, 6) is 0.292. The molecule has 0 aliphatic carbocycles. The van der Waals surface area contributed by atoms with Gasteiger partial charge in [0.25, 0.3) is 5.69 Å². The van der Waals surface area contributed by atoms with Crippen LogP contribution in [0.5, 0.6) is 0 Å². The third kappa shape index (κ3) is 3.25. The Balaban J connectivity index is 0.00000162. The Morgan fingerprint density at radius 2 is 2.06 bits per heavy atom. The van der Waals surface area contributed by atoms with Crippen LogP contribution in [0.15, 0.2) is 40.1 Å². The van der Waals surface area contributed by atoms with E-state index in [1.165, 1.54) is 35.6 Å². The summed E-state index contributed by atoms with van der Waals surface area (Å²) >= 11 is 1.42. The van der Waals surface area contributed by atoms with E-state index in [4.69, 9.17) is 5.73 Å². The van der Waals surface area contributed by atoms with Crippen LogP contribution in [0.4, 0.5) is 11.4 Å². The third-order valence-corrected chi connectivity index (χ3v) is 2.59. The molecule has 94 valence electrons. The van der Waals surface area contributed by atoms with Crippen LogP contribution in [0, 0.1) is 10.1 Å². The van der Waals surface area contributed by atoms with Gasteiger partial charge in [0.1, 0.15) is 5.69 Å². The Hall–Kier alpha value is -1.99. The molecule has 18 heavy (non-hydrogen) atoms. The number of nitro groups is 1. The van der Waals surface area contributed by atoms with Crippen LogP contribution in [-0.2, 0) is 0 Å². The van der Waals surface area contributed by atoms with Crippen molar-refractivity contribution in [2.75, 3.05) is 0 Å². The number of rotatable bonds is 3. The summed E-state index contributed by atoms with van der Waals surface area (Å²) in [6, 6.07) is 5.84. The number of hydrogen-bond acceptors (Lipinski definition) is 5. The van der Waals surface area contributed by atoms with Crippen LogP contribution >= 0.6 is 23.7 Å². The molecule has 0 amide bonds. The summed E-state index contributed by atoms with van der Waals surface area (Å²) in [7, 11) is 0. The topological polar surface area (TPSA) is 94.4 Å². The van der Waals surface area contributed by atoms with Crippen molar-refractivity contribution in [2.45, 2.75) is 0 Å². The molecule has 0 unspecified atom stereocenters. The predicted octanol–water partition coefficient (Wildman–Crippen LogP) is 2.51. The Bertz CT molecular complexity index is 554. The zero-order valence-electron chi connectivity index (χ0n) is 9.02. The molecule has 0 spiro atoms. The van der Waals surface area contributed by atoms with Gasteiger partial charge in [0.15, 0.2) is 5.84 Å². The minimum absolute atomic E-state index is 0. The summed E-state index contributed by atoms with van der Waals surface area (Å²) in [6.45, 7) is 0. The first kappa shape index (κ1) is 14.1. The van der Waals surface area contributed by atoms with E-state index < -0.39 is 4.92 Å². The van der Waals surface area contributed by atoms with Crippen molar-refractivity contribution in [3.63, 3.8) is 0 Å². The molecular formula is C10H9ClN4O2S. The second-order valence-corrected chi connectivity index (χ2v) is 3.86.